The van der Waals surface area contributed by atoms with Crippen LogP contribution in [0, 0.1) is 11.3 Å². The molecule has 2 rings (SSSR count). The molecule has 90 valence electrons. The summed E-state index contributed by atoms with van der Waals surface area (Å²) in [6.45, 7) is 2.66. The third-order valence-electron chi connectivity index (χ3n) is 3.58. The summed E-state index contributed by atoms with van der Waals surface area (Å²) in [5.74, 6) is 0.727. The van der Waals surface area contributed by atoms with Gasteiger partial charge in [-0.3, -0.25) is 4.79 Å². The first-order valence-electron chi connectivity index (χ1n) is 5.75. The number of ether oxygens (including phenoxy) is 1. The second kappa shape index (κ2) is 4.41. The Balaban J connectivity index is 2.03. The number of hydrogen-bond acceptors (Lipinski definition) is 5. The molecule has 5 heteroatoms. The van der Waals surface area contributed by atoms with Crippen LogP contribution in [-0.2, 0) is 14.4 Å². The molecule has 0 aromatic heterocycles. The Hall–Kier alpha value is -1.10. The van der Waals surface area contributed by atoms with Gasteiger partial charge in [-0.25, -0.2) is 0 Å². The van der Waals surface area contributed by atoms with Crippen molar-refractivity contribution in [3.8, 4) is 0 Å². The minimum atomic E-state index is -0.329. The van der Waals surface area contributed by atoms with Gasteiger partial charge in [0, 0.05) is 6.92 Å². The first-order valence-corrected chi connectivity index (χ1v) is 5.75. The highest BCUT2D eigenvalue weighted by Crippen LogP contribution is 2.43. The van der Waals surface area contributed by atoms with Gasteiger partial charge in [0.25, 0.3) is 0 Å². The average Bonchev–Trinajstić information content (AvgIpc) is 2.62. The standard InChI is InChI=1S/C11H18N2O3/c1-8(14)16-10-11(7-15-13-10)4-2-9(6-12)3-5-11/h9H,2-7,12H2,1H3. The Morgan fingerprint density at radius 2 is 2.31 bits per heavy atom. The van der Waals surface area contributed by atoms with Crippen LogP contribution in [0.25, 0.3) is 0 Å². The van der Waals surface area contributed by atoms with Crippen molar-refractivity contribution in [3.63, 3.8) is 0 Å². The molecule has 0 aromatic rings. The summed E-state index contributed by atoms with van der Waals surface area (Å²) in [4.78, 5) is 16.1. The molecule has 1 spiro atoms. The van der Waals surface area contributed by atoms with Crippen LogP contribution in [0.1, 0.15) is 32.6 Å². The van der Waals surface area contributed by atoms with E-state index in [-0.39, 0.29) is 11.4 Å². The number of esters is 1. The molecule has 0 unspecified atom stereocenters. The van der Waals surface area contributed by atoms with Crippen LogP contribution in [0.5, 0.6) is 0 Å². The molecule has 0 bridgehead atoms. The number of oxime groups is 1. The van der Waals surface area contributed by atoms with Crippen molar-refractivity contribution < 1.29 is 14.4 Å². The largest absolute Gasteiger partial charge is 0.408 e. The first kappa shape index (κ1) is 11.4. The van der Waals surface area contributed by atoms with Crippen molar-refractivity contribution >= 4 is 11.9 Å². The van der Waals surface area contributed by atoms with Gasteiger partial charge in [-0.05, 0) is 38.1 Å². The summed E-state index contributed by atoms with van der Waals surface area (Å²) < 4.78 is 5.13. The molecule has 0 radical (unpaired) electrons. The normalized spacial score (nSPS) is 33.4. The van der Waals surface area contributed by atoms with Crippen LogP contribution >= 0.6 is 0 Å². The molecule has 0 amide bonds. The highest BCUT2D eigenvalue weighted by molar-refractivity contribution is 5.92. The number of nitrogens with zero attached hydrogens (tertiary/aromatic N) is 1. The third-order valence-corrected chi connectivity index (χ3v) is 3.58. The first-order chi connectivity index (χ1) is 7.66. The molecular formula is C11H18N2O3. The average molecular weight is 226 g/mol. The maximum absolute atomic E-state index is 11.0. The Labute approximate surface area is 95.0 Å². The molecule has 5 nitrogen and oxygen atoms in total. The fourth-order valence-electron chi connectivity index (χ4n) is 2.46. The van der Waals surface area contributed by atoms with Crippen LogP contribution in [0.2, 0.25) is 0 Å². The lowest BCUT2D eigenvalue weighted by molar-refractivity contribution is -0.133. The molecule has 1 heterocycles. The molecule has 1 fully saturated rings. The van der Waals surface area contributed by atoms with E-state index in [1.807, 2.05) is 0 Å². The second-order valence-corrected chi connectivity index (χ2v) is 4.72. The Morgan fingerprint density at radius 3 is 2.88 bits per heavy atom. The number of carbonyl (C=O) groups is 1. The van der Waals surface area contributed by atoms with E-state index in [0.29, 0.717) is 18.4 Å². The summed E-state index contributed by atoms with van der Waals surface area (Å²) in [5, 5.41) is 3.85. The van der Waals surface area contributed by atoms with Crippen molar-refractivity contribution in [2.45, 2.75) is 32.6 Å². The molecule has 2 aliphatic rings. The molecule has 16 heavy (non-hydrogen) atoms. The van der Waals surface area contributed by atoms with Crippen molar-refractivity contribution in [3.05, 3.63) is 0 Å². The predicted octanol–water partition coefficient (Wildman–Crippen LogP) is 1.03. The van der Waals surface area contributed by atoms with Crippen molar-refractivity contribution in [2.24, 2.45) is 22.2 Å². The maximum Gasteiger partial charge on any atom is 0.309 e. The molecule has 0 saturated heterocycles. The zero-order chi connectivity index (χ0) is 11.6. The SMILES string of the molecule is CC(=O)OC1=NOCC12CCC(CN)CC2. The summed E-state index contributed by atoms with van der Waals surface area (Å²) in [6, 6.07) is 0. The van der Waals surface area contributed by atoms with E-state index < -0.39 is 0 Å². The summed E-state index contributed by atoms with van der Waals surface area (Å²) in [7, 11) is 0. The lowest BCUT2D eigenvalue weighted by Crippen LogP contribution is -2.38. The minimum absolute atomic E-state index is 0.169. The summed E-state index contributed by atoms with van der Waals surface area (Å²) in [6.07, 6.45) is 4.00. The monoisotopic (exact) mass is 226 g/mol. The van der Waals surface area contributed by atoms with Crippen LogP contribution in [0.15, 0.2) is 5.16 Å². The Bertz CT molecular complexity index is 306. The van der Waals surface area contributed by atoms with Crippen molar-refractivity contribution in [1.29, 1.82) is 0 Å². The summed E-state index contributed by atoms with van der Waals surface area (Å²) in [5.41, 5.74) is 5.49. The lowest BCUT2D eigenvalue weighted by atomic mass is 9.71. The van der Waals surface area contributed by atoms with Gasteiger partial charge < -0.3 is 15.3 Å². The van der Waals surface area contributed by atoms with Gasteiger partial charge in [0.1, 0.15) is 6.61 Å². The highest BCUT2D eigenvalue weighted by atomic mass is 16.7. The number of hydrogen-bond donors (Lipinski definition) is 1. The minimum Gasteiger partial charge on any atom is -0.408 e. The third kappa shape index (κ3) is 2.04. The van der Waals surface area contributed by atoms with Gasteiger partial charge in [0.05, 0.1) is 5.41 Å². The predicted molar refractivity (Wildman–Crippen MR) is 58.6 cm³/mol. The van der Waals surface area contributed by atoms with Crippen molar-refractivity contribution in [2.75, 3.05) is 13.2 Å². The second-order valence-electron chi connectivity index (χ2n) is 4.72. The molecular weight excluding hydrogens is 208 g/mol. The van der Waals surface area contributed by atoms with E-state index in [1.165, 1.54) is 6.92 Å². The van der Waals surface area contributed by atoms with Crippen molar-refractivity contribution in [1.82, 2.24) is 0 Å². The molecule has 1 aliphatic heterocycles. The van der Waals surface area contributed by atoms with Gasteiger partial charge >= 0.3 is 5.97 Å². The van der Waals surface area contributed by atoms with Crippen LogP contribution in [0.4, 0.5) is 0 Å². The quantitative estimate of drug-likeness (QED) is 0.678. The van der Waals surface area contributed by atoms with Gasteiger partial charge in [-0.2, -0.15) is 0 Å². The molecule has 2 N–H and O–H groups in total. The van der Waals surface area contributed by atoms with Crippen LogP contribution in [0.3, 0.4) is 0 Å². The van der Waals surface area contributed by atoms with Crippen LogP contribution < -0.4 is 5.73 Å². The maximum atomic E-state index is 11.0. The van der Waals surface area contributed by atoms with E-state index in [9.17, 15) is 4.79 Å². The van der Waals surface area contributed by atoms with E-state index in [1.54, 1.807) is 0 Å². The van der Waals surface area contributed by atoms with Gasteiger partial charge in [0.15, 0.2) is 0 Å². The highest BCUT2D eigenvalue weighted by Gasteiger charge is 2.46. The summed E-state index contributed by atoms with van der Waals surface area (Å²) >= 11 is 0. The van der Waals surface area contributed by atoms with E-state index in [4.69, 9.17) is 15.3 Å². The fraction of sp³-hybridized carbons (Fsp3) is 0.818. The van der Waals surface area contributed by atoms with Gasteiger partial charge in [-0.15, -0.1) is 0 Å². The van der Waals surface area contributed by atoms with Crippen LogP contribution in [-0.4, -0.2) is 25.0 Å². The number of nitrogens with two attached hydrogens (primary N) is 1. The zero-order valence-electron chi connectivity index (χ0n) is 9.57. The zero-order valence-corrected chi connectivity index (χ0v) is 9.57. The molecule has 1 aliphatic carbocycles. The Kier molecular flexibility index (Phi) is 3.14. The van der Waals surface area contributed by atoms with E-state index in [2.05, 4.69) is 5.16 Å². The molecule has 0 aromatic carbocycles. The smallest absolute Gasteiger partial charge is 0.309 e. The fourth-order valence-corrected chi connectivity index (χ4v) is 2.46. The van der Waals surface area contributed by atoms with Gasteiger partial charge in [-0.1, -0.05) is 5.16 Å². The van der Waals surface area contributed by atoms with E-state index >= 15 is 0 Å². The van der Waals surface area contributed by atoms with E-state index in [0.717, 1.165) is 32.2 Å². The number of carbonyl (C=O) groups excluding carboxylic acids is 1. The number of rotatable bonds is 1. The topological polar surface area (TPSA) is 73.9 Å². The van der Waals surface area contributed by atoms with Gasteiger partial charge in [0.2, 0.25) is 5.90 Å². The lowest BCUT2D eigenvalue weighted by Gasteiger charge is -2.34. The Morgan fingerprint density at radius 1 is 1.62 bits per heavy atom. The molecule has 1 saturated carbocycles. The molecule has 0 atom stereocenters.